The summed E-state index contributed by atoms with van der Waals surface area (Å²) < 4.78 is 10.5. The maximum absolute atomic E-state index is 12.2. The molecule has 1 fully saturated rings. The van der Waals surface area contributed by atoms with Crippen molar-refractivity contribution in [2.45, 2.75) is 13.0 Å². The Bertz CT molecular complexity index is 377. The van der Waals surface area contributed by atoms with Crippen LogP contribution in [0.5, 0.6) is 0 Å². The molecule has 1 aliphatic heterocycles. The fourth-order valence-electron chi connectivity index (χ4n) is 1.81. The molecule has 0 aliphatic carbocycles. The number of aryl methyl sites for hydroxylation is 1. The highest BCUT2D eigenvalue weighted by Gasteiger charge is 2.28. The lowest BCUT2D eigenvalue weighted by molar-refractivity contribution is 0.00515. The molecule has 0 saturated carbocycles. The molecule has 0 spiro atoms. The van der Waals surface area contributed by atoms with E-state index in [1.54, 1.807) is 19.3 Å². The molecule has 4 nitrogen and oxygen atoms in total. The first-order valence-electron chi connectivity index (χ1n) is 5.23. The van der Waals surface area contributed by atoms with E-state index in [1.807, 2.05) is 4.90 Å². The van der Waals surface area contributed by atoms with Gasteiger partial charge in [-0.25, -0.2) is 0 Å². The molecule has 0 bridgehead atoms. The number of rotatable bonds is 2. The van der Waals surface area contributed by atoms with Crippen LogP contribution in [0.1, 0.15) is 16.1 Å². The third-order valence-corrected chi connectivity index (χ3v) is 3.50. The van der Waals surface area contributed by atoms with Crippen LogP contribution >= 0.6 is 15.9 Å². The van der Waals surface area contributed by atoms with Crippen molar-refractivity contribution in [3.63, 3.8) is 0 Å². The summed E-state index contributed by atoms with van der Waals surface area (Å²) in [5.41, 5.74) is 0.646. The van der Waals surface area contributed by atoms with E-state index >= 15 is 0 Å². The molecule has 1 aliphatic rings. The predicted octanol–water partition coefficient (Wildman–Crippen LogP) is 1.82. The van der Waals surface area contributed by atoms with Crippen LogP contribution in [-0.4, -0.2) is 41.9 Å². The first-order chi connectivity index (χ1) is 7.74. The van der Waals surface area contributed by atoms with Gasteiger partial charge in [0.2, 0.25) is 0 Å². The quantitative estimate of drug-likeness (QED) is 0.780. The fraction of sp³-hybridized carbons (Fsp3) is 0.545. The van der Waals surface area contributed by atoms with Gasteiger partial charge in [0.25, 0.3) is 5.91 Å². The molecule has 2 rings (SSSR count). The van der Waals surface area contributed by atoms with Gasteiger partial charge in [-0.05, 0) is 13.0 Å². The summed E-state index contributed by atoms with van der Waals surface area (Å²) in [6.45, 7) is 3.64. The summed E-state index contributed by atoms with van der Waals surface area (Å²) in [6.07, 6.45) is 1.55. The van der Waals surface area contributed by atoms with E-state index in [4.69, 9.17) is 9.15 Å². The molecule has 16 heavy (non-hydrogen) atoms. The number of hydrogen-bond acceptors (Lipinski definition) is 3. The fourth-order valence-corrected chi connectivity index (χ4v) is 2.35. The third-order valence-electron chi connectivity index (χ3n) is 2.76. The van der Waals surface area contributed by atoms with Crippen LogP contribution in [0.4, 0.5) is 0 Å². The summed E-state index contributed by atoms with van der Waals surface area (Å²) >= 11 is 3.40. The van der Waals surface area contributed by atoms with Crippen LogP contribution in [0.25, 0.3) is 0 Å². The SMILES string of the molecule is Cc1occc1C(=O)N1CCOCC1CBr. The maximum Gasteiger partial charge on any atom is 0.257 e. The molecule has 1 saturated heterocycles. The molecule has 88 valence electrons. The summed E-state index contributed by atoms with van der Waals surface area (Å²) in [7, 11) is 0. The summed E-state index contributed by atoms with van der Waals surface area (Å²) in [5, 5.41) is 0.732. The Morgan fingerprint density at radius 2 is 2.50 bits per heavy atom. The second kappa shape index (κ2) is 5.01. The van der Waals surface area contributed by atoms with E-state index in [2.05, 4.69) is 15.9 Å². The zero-order valence-electron chi connectivity index (χ0n) is 9.11. The Balaban J connectivity index is 2.17. The smallest absolute Gasteiger partial charge is 0.257 e. The third kappa shape index (κ3) is 2.15. The van der Waals surface area contributed by atoms with Crippen LogP contribution in [0.15, 0.2) is 16.7 Å². The molecule has 0 aromatic carbocycles. The molecular weight excluding hydrogens is 274 g/mol. The van der Waals surface area contributed by atoms with Crippen molar-refractivity contribution in [1.29, 1.82) is 0 Å². The molecule has 5 heteroatoms. The van der Waals surface area contributed by atoms with Gasteiger partial charge in [-0.3, -0.25) is 4.79 Å². The molecule has 0 N–H and O–H groups in total. The Kier molecular flexibility index (Phi) is 3.66. The highest BCUT2D eigenvalue weighted by Crippen LogP contribution is 2.17. The second-order valence-electron chi connectivity index (χ2n) is 3.77. The lowest BCUT2D eigenvalue weighted by Gasteiger charge is -2.34. The number of furan rings is 1. The number of morpholine rings is 1. The van der Waals surface area contributed by atoms with E-state index in [9.17, 15) is 4.79 Å². The molecular formula is C11H14BrNO3. The van der Waals surface area contributed by atoms with Crippen LogP contribution in [0.3, 0.4) is 0 Å². The van der Waals surface area contributed by atoms with E-state index in [0.717, 1.165) is 5.33 Å². The number of carbonyl (C=O) groups is 1. The number of alkyl halides is 1. The van der Waals surface area contributed by atoms with Gasteiger partial charge in [-0.15, -0.1) is 0 Å². The van der Waals surface area contributed by atoms with Gasteiger partial charge < -0.3 is 14.1 Å². The number of halogens is 1. The van der Waals surface area contributed by atoms with E-state index in [1.165, 1.54) is 0 Å². The zero-order valence-corrected chi connectivity index (χ0v) is 10.7. The summed E-state index contributed by atoms with van der Waals surface area (Å²) in [5.74, 6) is 0.698. The first-order valence-corrected chi connectivity index (χ1v) is 6.35. The highest BCUT2D eigenvalue weighted by atomic mass is 79.9. The van der Waals surface area contributed by atoms with Crippen LogP contribution < -0.4 is 0 Å². The Morgan fingerprint density at radius 3 is 3.12 bits per heavy atom. The Hall–Kier alpha value is -0.810. The van der Waals surface area contributed by atoms with Gasteiger partial charge in [0.1, 0.15) is 5.76 Å². The molecule has 2 heterocycles. The molecule has 1 atom stereocenters. The minimum Gasteiger partial charge on any atom is -0.469 e. The average molecular weight is 288 g/mol. The van der Waals surface area contributed by atoms with Gasteiger partial charge >= 0.3 is 0 Å². The Labute approximate surface area is 103 Å². The minimum atomic E-state index is 0.0269. The standard InChI is InChI=1S/C11H14BrNO3/c1-8-10(2-4-16-8)11(14)13-3-5-15-7-9(13)6-12/h2,4,9H,3,5-7H2,1H3. The number of carbonyl (C=O) groups excluding carboxylic acids is 1. The van der Waals surface area contributed by atoms with Crippen molar-refractivity contribution in [2.24, 2.45) is 0 Å². The van der Waals surface area contributed by atoms with Crippen LogP contribution in [0, 0.1) is 6.92 Å². The lowest BCUT2D eigenvalue weighted by Crippen LogP contribution is -2.49. The number of ether oxygens (including phenoxy) is 1. The molecule has 1 amide bonds. The number of hydrogen-bond donors (Lipinski definition) is 0. The van der Waals surface area contributed by atoms with Gasteiger partial charge in [-0.2, -0.15) is 0 Å². The van der Waals surface area contributed by atoms with E-state index < -0.39 is 0 Å². The second-order valence-corrected chi connectivity index (χ2v) is 4.42. The van der Waals surface area contributed by atoms with Crippen molar-refractivity contribution in [2.75, 3.05) is 25.1 Å². The van der Waals surface area contributed by atoms with Crippen molar-refractivity contribution in [3.05, 3.63) is 23.7 Å². The van der Waals surface area contributed by atoms with Gasteiger partial charge in [0.05, 0.1) is 31.1 Å². The monoisotopic (exact) mass is 287 g/mol. The molecule has 1 unspecified atom stereocenters. The van der Waals surface area contributed by atoms with Crippen molar-refractivity contribution in [1.82, 2.24) is 4.90 Å². The molecule has 1 aromatic heterocycles. The maximum atomic E-state index is 12.2. The first kappa shape index (κ1) is 11.7. The van der Waals surface area contributed by atoms with E-state index in [0.29, 0.717) is 31.1 Å². The average Bonchev–Trinajstić information content (AvgIpc) is 2.74. The highest BCUT2D eigenvalue weighted by molar-refractivity contribution is 9.09. The van der Waals surface area contributed by atoms with Crippen LogP contribution in [0.2, 0.25) is 0 Å². The van der Waals surface area contributed by atoms with Crippen molar-refractivity contribution < 1.29 is 13.9 Å². The largest absolute Gasteiger partial charge is 0.469 e. The number of amides is 1. The van der Waals surface area contributed by atoms with Crippen molar-refractivity contribution in [3.8, 4) is 0 Å². The van der Waals surface area contributed by atoms with Gasteiger partial charge in [0, 0.05) is 11.9 Å². The topological polar surface area (TPSA) is 42.7 Å². The molecule has 0 radical (unpaired) electrons. The van der Waals surface area contributed by atoms with E-state index in [-0.39, 0.29) is 11.9 Å². The van der Waals surface area contributed by atoms with Gasteiger partial charge in [0.15, 0.2) is 0 Å². The normalized spacial score (nSPS) is 21.1. The lowest BCUT2D eigenvalue weighted by atomic mass is 10.2. The molecule has 1 aromatic rings. The summed E-state index contributed by atoms with van der Waals surface area (Å²) in [4.78, 5) is 14.1. The minimum absolute atomic E-state index is 0.0269. The van der Waals surface area contributed by atoms with Crippen molar-refractivity contribution >= 4 is 21.8 Å². The summed E-state index contributed by atoms with van der Waals surface area (Å²) in [6, 6.07) is 1.83. The van der Waals surface area contributed by atoms with Crippen LogP contribution in [-0.2, 0) is 4.74 Å². The number of nitrogens with zero attached hydrogens (tertiary/aromatic N) is 1. The predicted molar refractivity (Wildman–Crippen MR) is 62.9 cm³/mol. The van der Waals surface area contributed by atoms with Gasteiger partial charge in [-0.1, -0.05) is 15.9 Å². The Morgan fingerprint density at radius 1 is 1.69 bits per heavy atom. The zero-order chi connectivity index (χ0) is 11.5.